The molecule has 2 saturated heterocycles. The molecule has 236 valence electrons. The summed E-state index contributed by atoms with van der Waals surface area (Å²) in [6.07, 6.45) is 0.975. The van der Waals surface area contributed by atoms with Gasteiger partial charge in [-0.3, -0.25) is 9.59 Å². The summed E-state index contributed by atoms with van der Waals surface area (Å²) in [6, 6.07) is 7.52. The zero-order chi connectivity index (χ0) is 31.4. The summed E-state index contributed by atoms with van der Waals surface area (Å²) in [5.74, 6) is 0.855. The van der Waals surface area contributed by atoms with E-state index in [2.05, 4.69) is 20.0 Å². The van der Waals surface area contributed by atoms with E-state index in [-0.39, 0.29) is 36.1 Å². The summed E-state index contributed by atoms with van der Waals surface area (Å²) in [5.41, 5.74) is 1.29. The molecular formula is C30H36F3N7O4. The smallest absolute Gasteiger partial charge is 0.419 e. The van der Waals surface area contributed by atoms with Gasteiger partial charge in [-0.25, -0.2) is 14.6 Å². The average Bonchev–Trinajstić information content (AvgIpc) is 3.02. The third-order valence-corrected chi connectivity index (χ3v) is 8.39. The summed E-state index contributed by atoms with van der Waals surface area (Å²) in [7, 11) is 3.35. The number of amides is 1. The largest absolute Gasteiger partial charge is 0.497 e. The standard InChI is InChI=1S/C30H36F3N7O4/c1-20-26(16-36-40(28(20)42)17-21-4-6-25(43-3)7-5-21)39-13-10-24(39)18-44-19-27(41)37(2)23-8-11-38(12-9-23)29-34-14-22(15-35-29)30(31,32)33/h4-7,14-16,23-24H,8-13,17-19H2,1-3H3/t24-/m0/s1. The van der Waals surface area contributed by atoms with Gasteiger partial charge in [0.15, 0.2) is 0 Å². The second-order valence-corrected chi connectivity index (χ2v) is 11.1. The fourth-order valence-corrected chi connectivity index (χ4v) is 5.49. The van der Waals surface area contributed by atoms with Crippen LogP contribution in [-0.4, -0.2) is 89.6 Å². The molecular weight excluding hydrogens is 579 g/mol. The molecule has 4 heterocycles. The van der Waals surface area contributed by atoms with Crippen LogP contribution in [0, 0.1) is 6.92 Å². The molecule has 1 amide bonds. The van der Waals surface area contributed by atoms with Crippen molar-refractivity contribution < 1.29 is 27.4 Å². The molecule has 2 fully saturated rings. The minimum absolute atomic E-state index is 0.0184. The van der Waals surface area contributed by atoms with Crippen molar-refractivity contribution in [3.63, 3.8) is 0 Å². The molecule has 0 saturated carbocycles. The number of hydrogen-bond donors (Lipinski definition) is 0. The Morgan fingerprint density at radius 3 is 2.32 bits per heavy atom. The number of nitrogens with zero attached hydrogens (tertiary/aromatic N) is 7. The van der Waals surface area contributed by atoms with Gasteiger partial charge < -0.3 is 24.2 Å². The Bertz CT molecular complexity index is 1490. The van der Waals surface area contributed by atoms with Crippen LogP contribution in [0.1, 0.15) is 36.0 Å². The fraction of sp³-hybridized carbons (Fsp3) is 0.500. The maximum atomic E-state index is 13.1. The van der Waals surface area contributed by atoms with E-state index in [1.165, 1.54) is 4.68 Å². The molecule has 2 aromatic heterocycles. The first-order chi connectivity index (χ1) is 21.0. The minimum atomic E-state index is -4.48. The Morgan fingerprint density at radius 1 is 1.05 bits per heavy atom. The first kappa shape index (κ1) is 31.2. The maximum absolute atomic E-state index is 13.1. The van der Waals surface area contributed by atoms with Gasteiger partial charge in [-0.2, -0.15) is 18.3 Å². The predicted octanol–water partition coefficient (Wildman–Crippen LogP) is 3.14. The van der Waals surface area contributed by atoms with Crippen molar-refractivity contribution in [1.82, 2.24) is 24.6 Å². The van der Waals surface area contributed by atoms with Gasteiger partial charge in [-0.05, 0) is 43.9 Å². The van der Waals surface area contributed by atoms with E-state index in [9.17, 15) is 22.8 Å². The number of ether oxygens (including phenoxy) is 2. The number of rotatable bonds is 10. The summed E-state index contributed by atoms with van der Waals surface area (Å²) in [4.78, 5) is 39.3. The van der Waals surface area contributed by atoms with Crippen molar-refractivity contribution in [3.05, 3.63) is 69.9 Å². The molecule has 0 unspecified atom stereocenters. The van der Waals surface area contributed by atoms with E-state index in [0.29, 0.717) is 44.6 Å². The van der Waals surface area contributed by atoms with E-state index in [0.717, 1.165) is 42.4 Å². The second kappa shape index (κ2) is 13.2. The summed E-state index contributed by atoms with van der Waals surface area (Å²) >= 11 is 0. The van der Waals surface area contributed by atoms with Crippen molar-refractivity contribution in [2.45, 2.75) is 51.0 Å². The molecule has 0 aliphatic carbocycles. The first-order valence-electron chi connectivity index (χ1n) is 14.5. The van der Waals surface area contributed by atoms with Crippen LogP contribution in [0.25, 0.3) is 0 Å². The number of carbonyl (C=O) groups excluding carboxylic acids is 1. The molecule has 11 nitrogen and oxygen atoms in total. The highest BCUT2D eigenvalue weighted by molar-refractivity contribution is 5.77. The Hall–Kier alpha value is -4.20. The zero-order valence-corrected chi connectivity index (χ0v) is 25.0. The van der Waals surface area contributed by atoms with Gasteiger partial charge in [0.1, 0.15) is 12.4 Å². The monoisotopic (exact) mass is 615 g/mol. The molecule has 0 bridgehead atoms. The average molecular weight is 616 g/mol. The number of anilines is 2. The number of aromatic nitrogens is 4. The highest BCUT2D eigenvalue weighted by Crippen LogP contribution is 2.29. The van der Waals surface area contributed by atoms with Crippen LogP contribution in [0.5, 0.6) is 5.75 Å². The summed E-state index contributed by atoms with van der Waals surface area (Å²) in [6.45, 7) is 4.26. The molecule has 0 radical (unpaired) electrons. The van der Waals surface area contributed by atoms with Crippen molar-refractivity contribution in [2.24, 2.45) is 0 Å². The van der Waals surface area contributed by atoms with Gasteiger partial charge >= 0.3 is 6.18 Å². The molecule has 14 heteroatoms. The van der Waals surface area contributed by atoms with E-state index in [1.54, 1.807) is 32.2 Å². The van der Waals surface area contributed by atoms with Crippen LogP contribution in [-0.2, 0) is 22.3 Å². The van der Waals surface area contributed by atoms with Crippen LogP contribution in [0.15, 0.2) is 47.7 Å². The summed E-state index contributed by atoms with van der Waals surface area (Å²) in [5, 5.41) is 4.41. The third-order valence-electron chi connectivity index (χ3n) is 8.39. The number of halogens is 3. The Kier molecular flexibility index (Phi) is 9.37. The second-order valence-electron chi connectivity index (χ2n) is 11.1. The van der Waals surface area contributed by atoms with Crippen LogP contribution < -0.4 is 20.1 Å². The molecule has 0 spiro atoms. The lowest BCUT2D eigenvalue weighted by molar-refractivity contribution is -0.138. The number of alkyl halides is 3. The lowest BCUT2D eigenvalue weighted by atomic mass is 10.0. The molecule has 5 rings (SSSR count). The van der Waals surface area contributed by atoms with Gasteiger partial charge in [0.05, 0.1) is 43.8 Å². The van der Waals surface area contributed by atoms with Crippen molar-refractivity contribution in [2.75, 3.05) is 56.8 Å². The van der Waals surface area contributed by atoms with Gasteiger partial charge in [-0.15, -0.1) is 0 Å². The van der Waals surface area contributed by atoms with E-state index < -0.39 is 11.7 Å². The highest BCUT2D eigenvalue weighted by Gasteiger charge is 2.33. The van der Waals surface area contributed by atoms with Gasteiger partial charge in [0.2, 0.25) is 11.9 Å². The van der Waals surface area contributed by atoms with E-state index in [4.69, 9.17) is 9.47 Å². The molecule has 1 aromatic carbocycles. The highest BCUT2D eigenvalue weighted by atomic mass is 19.4. The molecule has 2 aliphatic heterocycles. The number of likely N-dealkylation sites (N-methyl/N-ethyl adjacent to an activating group) is 1. The quantitative estimate of drug-likeness (QED) is 0.340. The Labute approximate surface area is 253 Å². The number of methoxy groups -OCH3 is 1. The fourth-order valence-electron chi connectivity index (χ4n) is 5.49. The van der Waals surface area contributed by atoms with E-state index in [1.807, 2.05) is 29.2 Å². The van der Waals surface area contributed by atoms with Gasteiger partial charge in [0, 0.05) is 50.7 Å². The molecule has 2 aliphatic rings. The van der Waals surface area contributed by atoms with Crippen molar-refractivity contribution in [1.29, 1.82) is 0 Å². The van der Waals surface area contributed by atoms with E-state index >= 15 is 0 Å². The lowest BCUT2D eigenvalue weighted by Gasteiger charge is -2.43. The van der Waals surface area contributed by atoms with Crippen molar-refractivity contribution >= 4 is 17.5 Å². The number of piperidine rings is 1. The number of hydrogen-bond acceptors (Lipinski definition) is 9. The third kappa shape index (κ3) is 6.95. The van der Waals surface area contributed by atoms with Gasteiger partial charge in [0.25, 0.3) is 5.56 Å². The Balaban J connectivity index is 1.08. The number of benzene rings is 1. The molecule has 1 atom stereocenters. The van der Waals surface area contributed by atoms with Crippen LogP contribution in [0.4, 0.5) is 24.8 Å². The zero-order valence-electron chi connectivity index (χ0n) is 25.0. The van der Waals surface area contributed by atoms with Crippen LogP contribution >= 0.6 is 0 Å². The van der Waals surface area contributed by atoms with Gasteiger partial charge in [-0.1, -0.05) is 12.1 Å². The summed E-state index contributed by atoms with van der Waals surface area (Å²) < 4.78 is 50.8. The lowest BCUT2D eigenvalue weighted by Crippen LogP contribution is -2.52. The molecule has 0 N–H and O–H groups in total. The molecule has 44 heavy (non-hydrogen) atoms. The Morgan fingerprint density at radius 2 is 1.73 bits per heavy atom. The van der Waals surface area contributed by atoms with Crippen LogP contribution in [0.3, 0.4) is 0 Å². The number of carbonyl (C=O) groups is 1. The maximum Gasteiger partial charge on any atom is 0.419 e. The SMILES string of the molecule is COc1ccc(Cn2ncc(N3CC[C@H]3COCC(=O)N(C)C3CCN(c4ncc(C(F)(F)F)cn4)CC3)c(C)c2=O)cc1. The normalized spacial score (nSPS) is 17.4. The minimum Gasteiger partial charge on any atom is -0.497 e. The topological polar surface area (TPSA) is 106 Å². The predicted molar refractivity (Wildman–Crippen MR) is 157 cm³/mol. The molecule has 3 aromatic rings. The van der Waals surface area contributed by atoms with Crippen molar-refractivity contribution in [3.8, 4) is 5.75 Å². The van der Waals surface area contributed by atoms with Crippen LogP contribution in [0.2, 0.25) is 0 Å². The first-order valence-corrected chi connectivity index (χ1v) is 14.5.